The Labute approximate surface area is 249 Å². The van der Waals surface area contributed by atoms with E-state index in [1.54, 1.807) is 22.9 Å². The molecule has 1 saturated heterocycles. The van der Waals surface area contributed by atoms with Gasteiger partial charge >= 0.3 is 0 Å². The standard InChI is InChI=1S/C34H41FN2O4Si/c1-24-31(18-15-25-13-16-29(17-14-25)37(23-39)28-11-5-4-6-12-28)41-32(34(24)42(2,3)35)20-33(40)36-21-27-10-8-7-9-26(27)19-30(36)22-38/h4-14,16-17,23-24,30-32,34,38H,15,18-22H2,1-3H3/t24-,30+,31+,32-,34+/m1/s1. The van der Waals surface area contributed by atoms with Crippen LogP contribution in [-0.2, 0) is 33.7 Å². The molecule has 0 unspecified atom stereocenters. The lowest BCUT2D eigenvalue weighted by molar-refractivity contribution is -0.138. The third-order valence-electron chi connectivity index (χ3n) is 9.03. The van der Waals surface area contributed by atoms with Crippen LogP contribution in [0.5, 0.6) is 0 Å². The fourth-order valence-corrected chi connectivity index (χ4v) is 9.44. The molecule has 0 radical (unpaired) electrons. The lowest BCUT2D eigenvalue weighted by Gasteiger charge is -2.37. The molecule has 0 aromatic heterocycles. The quantitative estimate of drug-likeness (QED) is 0.174. The van der Waals surface area contributed by atoms with Crippen molar-refractivity contribution in [2.75, 3.05) is 11.5 Å². The Kier molecular flexibility index (Phi) is 9.25. The molecule has 0 spiro atoms. The smallest absolute Gasteiger partial charge is 0.246 e. The van der Waals surface area contributed by atoms with Gasteiger partial charge in [-0.15, -0.1) is 0 Å². The molecular formula is C34H41FN2O4Si. The van der Waals surface area contributed by atoms with Crippen molar-refractivity contribution >= 4 is 32.1 Å². The van der Waals surface area contributed by atoms with Gasteiger partial charge in [-0.1, -0.05) is 61.5 Å². The fourth-order valence-electron chi connectivity index (χ4n) is 6.90. The molecule has 5 atom stereocenters. The van der Waals surface area contributed by atoms with Crippen LogP contribution in [0.25, 0.3) is 0 Å². The Morgan fingerprint density at radius 2 is 1.64 bits per heavy atom. The monoisotopic (exact) mass is 588 g/mol. The summed E-state index contributed by atoms with van der Waals surface area (Å²) in [7, 11) is -3.14. The number of hydrogen-bond donors (Lipinski definition) is 1. The zero-order chi connectivity index (χ0) is 29.9. The van der Waals surface area contributed by atoms with E-state index in [9.17, 15) is 14.7 Å². The highest BCUT2D eigenvalue weighted by molar-refractivity contribution is 6.72. The van der Waals surface area contributed by atoms with E-state index >= 15 is 4.11 Å². The molecule has 2 aliphatic rings. The van der Waals surface area contributed by atoms with E-state index < -0.39 is 14.5 Å². The minimum atomic E-state index is -3.14. The van der Waals surface area contributed by atoms with Crippen LogP contribution in [0, 0.1) is 5.92 Å². The highest BCUT2D eigenvalue weighted by Crippen LogP contribution is 2.47. The number of aryl methyl sites for hydroxylation is 1. The van der Waals surface area contributed by atoms with Crippen molar-refractivity contribution in [2.45, 2.75) is 76.0 Å². The first-order valence-electron chi connectivity index (χ1n) is 14.9. The van der Waals surface area contributed by atoms with Gasteiger partial charge in [-0.25, -0.2) is 0 Å². The second kappa shape index (κ2) is 12.9. The third kappa shape index (κ3) is 6.51. The largest absolute Gasteiger partial charge is 0.394 e. The second-order valence-electron chi connectivity index (χ2n) is 12.2. The fraction of sp³-hybridized carbons (Fsp3) is 0.412. The molecule has 2 aliphatic heterocycles. The predicted octanol–water partition coefficient (Wildman–Crippen LogP) is 6.20. The van der Waals surface area contributed by atoms with Crippen LogP contribution in [-0.4, -0.2) is 55.6 Å². The number of amides is 2. The van der Waals surface area contributed by atoms with Gasteiger partial charge < -0.3 is 18.9 Å². The van der Waals surface area contributed by atoms with Crippen molar-refractivity contribution in [3.05, 3.63) is 95.6 Å². The Morgan fingerprint density at radius 1 is 1.00 bits per heavy atom. The number of carbonyl (C=O) groups is 2. The van der Waals surface area contributed by atoms with Crippen LogP contribution in [0.2, 0.25) is 18.6 Å². The van der Waals surface area contributed by atoms with Gasteiger partial charge in [0.15, 0.2) is 0 Å². The normalized spacial score (nSPS) is 23.8. The summed E-state index contributed by atoms with van der Waals surface area (Å²) in [6.07, 6.45) is 2.40. The van der Waals surface area contributed by atoms with Crippen molar-refractivity contribution in [2.24, 2.45) is 5.92 Å². The molecule has 1 fully saturated rings. The van der Waals surface area contributed by atoms with Gasteiger partial charge in [0, 0.05) is 23.5 Å². The molecule has 2 heterocycles. The van der Waals surface area contributed by atoms with Crippen LogP contribution in [0.4, 0.5) is 15.5 Å². The molecule has 3 aromatic carbocycles. The number of fused-ring (bicyclic) bond motifs is 1. The van der Waals surface area contributed by atoms with E-state index in [1.807, 2.05) is 72.8 Å². The highest BCUT2D eigenvalue weighted by atomic mass is 28.4. The number of rotatable bonds is 10. The maximum absolute atomic E-state index is 15.7. The van der Waals surface area contributed by atoms with Gasteiger partial charge in [-0.05, 0) is 79.2 Å². The van der Waals surface area contributed by atoms with E-state index in [2.05, 4.69) is 13.0 Å². The summed E-state index contributed by atoms with van der Waals surface area (Å²) in [5.41, 5.74) is 4.67. The summed E-state index contributed by atoms with van der Waals surface area (Å²) >= 11 is 0. The first-order valence-corrected chi connectivity index (χ1v) is 17.8. The van der Waals surface area contributed by atoms with Gasteiger partial charge in [0.1, 0.15) is 0 Å². The van der Waals surface area contributed by atoms with Crippen LogP contribution in [0.1, 0.15) is 36.5 Å². The van der Waals surface area contributed by atoms with Crippen molar-refractivity contribution in [3.8, 4) is 0 Å². The molecule has 222 valence electrons. The zero-order valence-electron chi connectivity index (χ0n) is 24.7. The molecule has 8 heteroatoms. The Hall–Kier alpha value is -3.33. The predicted molar refractivity (Wildman–Crippen MR) is 166 cm³/mol. The first-order chi connectivity index (χ1) is 20.2. The Morgan fingerprint density at radius 3 is 2.29 bits per heavy atom. The Bertz CT molecular complexity index is 1360. The van der Waals surface area contributed by atoms with Crippen molar-refractivity contribution in [1.29, 1.82) is 0 Å². The van der Waals surface area contributed by atoms with E-state index in [0.717, 1.165) is 47.3 Å². The molecular weight excluding hydrogens is 547 g/mol. The van der Waals surface area contributed by atoms with Crippen molar-refractivity contribution in [1.82, 2.24) is 4.90 Å². The van der Waals surface area contributed by atoms with Crippen LogP contribution in [0.3, 0.4) is 0 Å². The molecule has 1 N–H and O–H groups in total. The topological polar surface area (TPSA) is 70.1 Å². The number of hydrogen-bond acceptors (Lipinski definition) is 4. The number of benzene rings is 3. The molecule has 0 aliphatic carbocycles. The summed E-state index contributed by atoms with van der Waals surface area (Å²) in [5, 5.41) is 10.1. The number of nitrogens with zero attached hydrogens (tertiary/aromatic N) is 2. The number of halogens is 1. The first kappa shape index (κ1) is 30.1. The summed E-state index contributed by atoms with van der Waals surface area (Å²) in [4.78, 5) is 28.8. The van der Waals surface area contributed by atoms with E-state index in [-0.39, 0.29) is 42.5 Å². The summed E-state index contributed by atoms with van der Waals surface area (Å²) < 4.78 is 22.2. The van der Waals surface area contributed by atoms with Crippen LogP contribution in [0.15, 0.2) is 78.9 Å². The molecule has 2 amide bonds. The van der Waals surface area contributed by atoms with E-state index in [4.69, 9.17) is 4.74 Å². The third-order valence-corrected chi connectivity index (χ3v) is 11.5. The second-order valence-corrected chi connectivity index (χ2v) is 16.0. The average molecular weight is 589 g/mol. The number of para-hydroxylation sites is 1. The number of ether oxygens (including phenoxy) is 1. The molecule has 6 nitrogen and oxygen atoms in total. The lowest BCUT2D eigenvalue weighted by atomic mass is 9.93. The molecule has 0 bridgehead atoms. The number of carbonyl (C=O) groups excluding carboxylic acids is 2. The van der Waals surface area contributed by atoms with Gasteiger partial charge in [0.05, 0.1) is 31.3 Å². The minimum Gasteiger partial charge on any atom is -0.394 e. The summed E-state index contributed by atoms with van der Waals surface area (Å²) in [6, 6.07) is 25.1. The average Bonchev–Trinajstić information content (AvgIpc) is 3.31. The van der Waals surface area contributed by atoms with Crippen LogP contribution >= 0.6 is 0 Å². The summed E-state index contributed by atoms with van der Waals surface area (Å²) in [5.74, 6) is -0.0912. The van der Waals surface area contributed by atoms with Crippen molar-refractivity contribution < 1.29 is 23.5 Å². The molecule has 0 saturated carbocycles. The van der Waals surface area contributed by atoms with Gasteiger partial charge in [-0.2, -0.15) is 0 Å². The van der Waals surface area contributed by atoms with Crippen molar-refractivity contribution in [3.63, 3.8) is 0 Å². The maximum atomic E-state index is 15.7. The lowest BCUT2D eigenvalue weighted by Crippen LogP contribution is -2.48. The zero-order valence-corrected chi connectivity index (χ0v) is 25.7. The number of anilines is 2. The van der Waals surface area contributed by atoms with Gasteiger partial charge in [0.25, 0.3) is 0 Å². The number of aliphatic hydroxyl groups excluding tert-OH is 1. The Balaban J connectivity index is 1.24. The van der Waals surface area contributed by atoms with E-state index in [0.29, 0.717) is 13.0 Å². The van der Waals surface area contributed by atoms with Gasteiger partial charge in [-0.3, -0.25) is 14.5 Å². The van der Waals surface area contributed by atoms with E-state index in [1.165, 1.54) is 0 Å². The van der Waals surface area contributed by atoms with Gasteiger partial charge in [0.2, 0.25) is 20.7 Å². The molecule has 3 aromatic rings. The molecule has 5 rings (SSSR count). The number of aliphatic hydroxyl groups is 1. The molecule has 42 heavy (non-hydrogen) atoms. The highest BCUT2D eigenvalue weighted by Gasteiger charge is 2.52. The summed E-state index contributed by atoms with van der Waals surface area (Å²) in [6.45, 7) is 5.85. The SMILES string of the molecule is C[C@H]1[C@H]([Si](C)(C)F)[C@@H](CC(=O)N2Cc3ccccc3C[C@H]2CO)O[C@H]1CCc1ccc(N(C=O)c2ccccc2)cc1. The van der Waals surface area contributed by atoms with Crippen LogP contribution < -0.4 is 4.90 Å². The maximum Gasteiger partial charge on any atom is 0.246 e. The minimum absolute atomic E-state index is 0.00639.